The van der Waals surface area contributed by atoms with Crippen molar-refractivity contribution in [1.29, 1.82) is 0 Å². The summed E-state index contributed by atoms with van der Waals surface area (Å²) in [6, 6.07) is 7.46. The predicted octanol–water partition coefficient (Wildman–Crippen LogP) is 1.16. The number of benzene rings is 1. The number of aromatic nitrogens is 2. The summed E-state index contributed by atoms with van der Waals surface area (Å²) >= 11 is 0. The SMILES string of the molecule is COc1ccccc1-c1c(N)n[nH]c1CO. The molecule has 2 aromatic rings. The van der Waals surface area contributed by atoms with Crippen molar-refractivity contribution < 1.29 is 9.84 Å². The van der Waals surface area contributed by atoms with Gasteiger partial charge in [-0.3, -0.25) is 5.10 Å². The Kier molecular flexibility index (Phi) is 2.78. The first-order valence-electron chi connectivity index (χ1n) is 4.85. The van der Waals surface area contributed by atoms with Crippen molar-refractivity contribution >= 4 is 5.82 Å². The quantitative estimate of drug-likeness (QED) is 0.723. The van der Waals surface area contributed by atoms with E-state index in [0.29, 0.717) is 22.8 Å². The van der Waals surface area contributed by atoms with Crippen LogP contribution in [0.15, 0.2) is 24.3 Å². The molecule has 0 amide bonds. The van der Waals surface area contributed by atoms with Crippen LogP contribution < -0.4 is 10.5 Å². The molecule has 0 spiro atoms. The van der Waals surface area contributed by atoms with E-state index in [4.69, 9.17) is 10.5 Å². The van der Waals surface area contributed by atoms with Crippen molar-refractivity contribution in [1.82, 2.24) is 10.2 Å². The number of hydrogen-bond acceptors (Lipinski definition) is 4. The van der Waals surface area contributed by atoms with E-state index in [9.17, 15) is 5.11 Å². The number of nitrogen functional groups attached to an aromatic ring is 1. The molecule has 1 aromatic heterocycles. The molecule has 0 atom stereocenters. The molecule has 0 radical (unpaired) electrons. The average Bonchev–Trinajstić information content (AvgIpc) is 2.70. The highest BCUT2D eigenvalue weighted by Crippen LogP contribution is 2.34. The van der Waals surface area contributed by atoms with Crippen molar-refractivity contribution in [2.75, 3.05) is 12.8 Å². The molecule has 16 heavy (non-hydrogen) atoms. The van der Waals surface area contributed by atoms with Gasteiger partial charge in [0.15, 0.2) is 5.82 Å². The number of nitrogens with one attached hydrogen (secondary N) is 1. The van der Waals surface area contributed by atoms with Gasteiger partial charge in [-0.15, -0.1) is 0 Å². The number of rotatable bonds is 3. The van der Waals surface area contributed by atoms with Crippen molar-refractivity contribution in [3.63, 3.8) is 0 Å². The van der Waals surface area contributed by atoms with Crippen LogP contribution in [0.5, 0.6) is 5.75 Å². The lowest BCUT2D eigenvalue weighted by Crippen LogP contribution is -1.93. The topological polar surface area (TPSA) is 84.2 Å². The van der Waals surface area contributed by atoms with Crippen LogP contribution >= 0.6 is 0 Å². The van der Waals surface area contributed by atoms with Crippen LogP contribution in [0.1, 0.15) is 5.69 Å². The molecular formula is C11H13N3O2. The summed E-state index contributed by atoms with van der Waals surface area (Å²) in [4.78, 5) is 0. The van der Waals surface area contributed by atoms with E-state index in [1.165, 1.54) is 0 Å². The zero-order valence-corrected chi connectivity index (χ0v) is 8.90. The first-order valence-corrected chi connectivity index (χ1v) is 4.85. The summed E-state index contributed by atoms with van der Waals surface area (Å²) in [7, 11) is 1.59. The number of nitrogens with two attached hydrogens (primary N) is 1. The Labute approximate surface area is 92.9 Å². The van der Waals surface area contributed by atoms with Gasteiger partial charge >= 0.3 is 0 Å². The fourth-order valence-corrected chi connectivity index (χ4v) is 1.66. The average molecular weight is 219 g/mol. The Morgan fingerprint density at radius 2 is 2.19 bits per heavy atom. The number of aliphatic hydroxyl groups is 1. The molecule has 2 rings (SSSR count). The summed E-state index contributed by atoms with van der Waals surface area (Å²) in [6.07, 6.45) is 0. The molecule has 0 unspecified atom stereocenters. The van der Waals surface area contributed by atoms with E-state index in [1.54, 1.807) is 7.11 Å². The third-order valence-electron chi connectivity index (χ3n) is 2.40. The van der Waals surface area contributed by atoms with E-state index in [-0.39, 0.29) is 6.61 Å². The first kappa shape index (κ1) is 10.5. The Morgan fingerprint density at radius 3 is 2.88 bits per heavy atom. The lowest BCUT2D eigenvalue weighted by molar-refractivity contribution is 0.277. The molecule has 0 fully saturated rings. The third kappa shape index (κ3) is 1.61. The molecule has 1 heterocycles. The minimum absolute atomic E-state index is 0.141. The molecule has 0 saturated carbocycles. The lowest BCUT2D eigenvalue weighted by atomic mass is 10.0. The van der Waals surface area contributed by atoms with Crippen LogP contribution in [0.4, 0.5) is 5.82 Å². The van der Waals surface area contributed by atoms with Gasteiger partial charge in [-0.2, -0.15) is 5.10 Å². The standard InChI is InChI=1S/C11H13N3O2/c1-16-9-5-3-2-4-7(9)10-8(6-15)13-14-11(10)12/h2-5,15H,6H2,1H3,(H3,12,13,14). The first-order chi connectivity index (χ1) is 7.77. The van der Waals surface area contributed by atoms with Crippen LogP contribution in [0.2, 0.25) is 0 Å². The van der Waals surface area contributed by atoms with E-state index in [2.05, 4.69) is 10.2 Å². The Balaban J connectivity index is 2.61. The summed E-state index contributed by atoms with van der Waals surface area (Å²) < 4.78 is 5.24. The highest BCUT2D eigenvalue weighted by molar-refractivity contribution is 5.80. The van der Waals surface area contributed by atoms with Crippen LogP contribution in [-0.4, -0.2) is 22.4 Å². The summed E-state index contributed by atoms with van der Waals surface area (Å²) in [5, 5.41) is 15.8. The van der Waals surface area contributed by atoms with E-state index < -0.39 is 0 Å². The molecule has 0 aliphatic heterocycles. The van der Waals surface area contributed by atoms with Gasteiger partial charge < -0.3 is 15.6 Å². The number of methoxy groups -OCH3 is 1. The number of nitrogens with zero attached hydrogens (tertiary/aromatic N) is 1. The van der Waals surface area contributed by atoms with Gasteiger partial charge in [-0.1, -0.05) is 18.2 Å². The third-order valence-corrected chi connectivity index (χ3v) is 2.40. The second-order valence-corrected chi connectivity index (χ2v) is 3.32. The highest BCUT2D eigenvalue weighted by Gasteiger charge is 2.15. The molecule has 0 aliphatic carbocycles. The zero-order chi connectivity index (χ0) is 11.5. The second-order valence-electron chi connectivity index (χ2n) is 3.32. The number of H-pyrrole nitrogens is 1. The van der Waals surface area contributed by atoms with E-state index >= 15 is 0 Å². The smallest absolute Gasteiger partial charge is 0.153 e. The Hall–Kier alpha value is -2.01. The maximum absolute atomic E-state index is 9.19. The van der Waals surface area contributed by atoms with Crippen molar-refractivity contribution in [2.45, 2.75) is 6.61 Å². The maximum atomic E-state index is 9.19. The minimum Gasteiger partial charge on any atom is -0.496 e. The normalized spacial score (nSPS) is 10.4. The molecule has 84 valence electrons. The fraction of sp³-hybridized carbons (Fsp3) is 0.182. The monoisotopic (exact) mass is 219 g/mol. The summed E-state index contributed by atoms with van der Waals surface area (Å²) in [5.74, 6) is 1.05. The van der Waals surface area contributed by atoms with Crippen LogP contribution in [0.25, 0.3) is 11.1 Å². The lowest BCUT2D eigenvalue weighted by Gasteiger charge is -2.08. The molecule has 1 aromatic carbocycles. The largest absolute Gasteiger partial charge is 0.496 e. The number of anilines is 1. The maximum Gasteiger partial charge on any atom is 0.153 e. The van der Waals surface area contributed by atoms with Crippen LogP contribution in [0.3, 0.4) is 0 Å². The summed E-state index contributed by atoms with van der Waals surface area (Å²) in [5.41, 5.74) is 7.86. The Morgan fingerprint density at radius 1 is 1.44 bits per heavy atom. The van der Waals surface area contributed by atoms with Gasteiger partial charge in [0.25, 0.3) is 0 Å². The molecule has 0 bridgehead atoms. The molecular weight excluding hydrogens is 206 g/mol. The van der Waals surface area contributed by atoms with Gasteiger partial charge in [0.1, 0.15) is 5.75 Å². The minimum atomic E-state index is -0.141. The van der Waals surface area contributed by atoms with Crippen molar-refractivity contribution in [3.05, 3.63) is 30.0 Å². The van der Waals surface area contributed by atoms with E-state index in [0.717, 1.165) is 5.56 Å². The van der Waals surface area contributed by atoms with Gasteiger partial charge in [-0.05, 0) is 6.07 Å². The molecule has 5 nitrogen and oxygen atoms in total. The number of para-hydroxylation sites is 1. The predicted molar refractivity (Wildman–Crippen MR) is 60.9 cm³/mol. The summed E-state index contributed by atoms with van der Waals surface area (Å²) in [6.45, 7) is -0.141. The highest BCUT2D eigenvalue weighted by atomic mass is 16.5. The van der Waals surface area contributed by atoms with Crippen LogP contribution in [-0.2, 0) is 6.61 Å². The van der Waals surface area contributed by atoms with Gasteiger partial charge in [0.05, 0.1) is 25.0 Å². The number of ether oxygens (including phenoxy) is 1. The van der Waals surface area contributed by atoms with Gasteiger partial charge in [0, 0.05) is 5.56 Å². The van der Waals surface area contributed by atoms with E-state index in [1.807, 2.05) is 24.3 Å². The second kappa shape index (κ2) is 4.24. The number of aliphatic hydroxyl groups excluding tert-OH is 1. The molecule has 0 aliphatic rings. The number of aromatic amines is 1. The van der Waals surface area contributed by atoms with Crippen LogP contribution in [0, 0.1) is 0 Å². The molecule has 5 heteroatoms. The Bertz CT molecular complexity index is 494. The van der Waals surface area contributed by atoms with Crippen molar-refractivity contribution in [3.8, 4) is 16.9 Å². The van der Waals surface area contributed by atoms with Gasteiger partial charge in [-0.25, -0.2) is 0 Å². The molecule has 0 saturated heterocycles. The molecule has 4 N–H and O–H groups in total. The van der Waals surface area contributed by atoms with Crippen molar-refractivity contribution in [2.24, 2.45) is 0 Å². The van der Waals surface area contributed by atoms with Gasteiger partial charge in [0.2, 0.25) is 0 Å². The number of hydrogen-bond donors (Lipinski definition) is 3. The fourth-order valence-electron chi connectivity index (χ4n) is 1.66. The zero-order valence-electron chi connectivity index (χ0n) is 8.90.